The third kappa shape index (κ3) is 3.87. The van der Waals surface area contributed by atoms with Crippen molar-refractivity contribution in [1.29, 1.82) is 0 Å². The molecule has 4 heterocycles. The van der Waals surface area contributed by atoms with Gasteiger partial charge in [-0.05, 0) is 49.4 Å². The summed E-state index contributed by atoms with van der Waals surface area (Å²) in [5, 5.41) is 0.412. The summed E-state index contributed by atoms with van der Waals surface area (Å²) in [6.45, 7) is 2.34. The summed E-state index contributed by atoms with van der Waals surface area (Å²) >= 11 is 3.37. The van der Waals surface area contributed by atoms with Crippen LogP contribution in [0.25, 0.3) is 5.69 Å². The van der Waals surface area contributed by atoms with Crippen molar-refractivity contribution in [2.75, 3.05) is 11.4 Å². The molecule has 8 nitrogen and oxygen atoms in total. The molecule has 176 valence electrons. The predicted molar refractivity (Wildman–Crippen MR) is 131 cm³/mol. The van der Waals surface area contributed by atoms with Gasteiger partial charge >= 0.3 is 5.97 Å². The van der Waals surface area contributed by atoms with Crippen LogP contribution in [0.4, 0.5) is 5.69 Å². The maximum Gasteiger partial charge on any atom is 0.303 e. The highest BCUT2D eigenvalue weighted by Gasteiger charge is 2.33. The molecule has 0 radical (unpaired) electrons. The summed E-state index contributed by atoms with van der Waals surface area (Å²) in [5.74, 6) is -0.577. The van der Waals surface area contributed by atoms with Crippen LogP contribution in [-0.2, 0) is 40.9 Å². The zero-order chi connectivity index (χ0) is 23.8. The number of fused-ring (bicyclic) bond motifs is 3. The number of aryl methyl sites for hydroxylation is 1. The van der Waals surface area contributed by atoms with Gasteiger partial charge in [-0.2, -0.15) is 0 Å². The monoisotopic (exact) mass is 524 g/mol. The van der Waals surface area contributed by atoms with Gasteiger partial charge in [-0.1, -0.05) is 22.0 Å². The number of anilines is 1. The molecule has 3 aromatic heterocycles. The fraction of sp³-hybridized carbons (Fsp3) is 0.360. The number of amides is 1. The molecule has 0 saturated heterocycles. The summed E-state index contributed by atoms with van der Waals surface area (Å²) < 4.78 is 8.93. The van der Waals surface area contributed by atoms with Crippen molar-refractivity contribution in [3.05, 3.63) is 75.2 Å². The second kappa shape index (κ2) is 9.21. The molecule has 1 amide bonds. The fourth-order valence-corrected chi connectivity index (χ4v) is 5.36. The van der Waals surface area contributed by atoms with Gasteiger partial charge in [0.2, 0.25) is 0 Å². The Labute approximate surface area is 205 Å². The molecular formula is C25H25BrN4O4. The Morgan fingerprint density at radius 1 is 1.18 bits per heavy atom. The minimum Gasteiger partial charge on any atom is -0.459 e. The lowest BCUT2D eigenvalue weighted by Crippen LogP contribution is -2.42. The van der Waals surface area contributed by atoms with Gasteiger partial charge in [-0.3, -0.25) is 23.9 Å². The van der Waals surface area contributed by atoms with Crippen LogP contribution >= 0.6 is 15.9 Å². The number of rotatable bonds is 5. The molecule has 2 aliphatic rings. The number of esters is 1. The zero-order valence-electron chi connectivity index (χ0n) is 18.9. The molecule has 0 N–H and O–H groups in total. The third-order valence-electron chi connectivity index (χ3n) is 6.51. The largest absolute Gasteiger partial charge is 0.459 e. The molecule has 0 atom stereocenters. The van der Waals surface area contributed by atoms with Gasteiger partial charge in [0.05, 0.1) is 11.4 Å². The zero-order valence-corrected chi connectivity index (χ0v) is 20.5. The molecule has 0 saturated carbocycles. The van der Waals surface area contributed by atoms with Crippen LogP contribution in [0.3, 0.4) is 0 Å². The van der Waals surface area contributed by atoms with E-state index < -0.39 is 5.97 Å². The number of nitrogens with zero attached hydrogens (tertiary/aromatic N) is 4. The standard InChI is InChI=1S/C25H25BrN4O4/c1-16(31)34-15-19-23(21(8-9-27-19)29-10-4-6-18(14-26)24(29)32)30-12-11-28-20-7-3-2-5-17(20)13-22(28)25(30)33/h4,6,8-10,13H,2-3,5,7,11-12,14-15H2,1H3. The number of alkyl halides is 1. The van der Waals surface area contributed by atoms with E-state index in [1.807, 2.05) is 6.07 Å². The first-order valence-corrected chi connectivity index (χ1v) is 12.5. The number of hydrogen-bond donors (Lipinski definition) is 0. The van der Waals surface area contributed by atoms with Crippen molar-refractivity contribution in [3.8, 4) is 5.69 Å². The molecule has 0 bridgehead atoms. The Bertz CT molecular complexity index is 1340. The Balaban J connectivity index is 1.65. The molecule has 5 rings (SSSR count). The molecular weight excluding hydrogens is 500 g/mol. The van der Waals surface area contributed by atoms with E-state index in [0.29, 0.717) is 46.7 Å². The molecule has 3 aromatic rings. The molecule has 9 heteroatoms. The van der Waals surface area contributed by atoms with Gasteiger partial charge in [0.1, 0.15) is 18.0 Å². The number of ether oxygens (including phenoxy) is 1. The van der Waals surface area contributed by atoms with E-state index >= 15 is 0 Å². The quantitative estimate of drug-likeness (QED) is 0.376. The maximum absolute atomic E-state index is 13.8. The number of aromatic nitrogens is 3. The van der Waals surface area contributed by atoms with Crippen molar-refractivity contribution in [2.24, 2.45) is 0 Å². The van der Waals surface area contributed by atoms with Crippen LogP contribution < -0.4 is 10.5 Å². The van der Waals surface area contributed by atoms with Gasteiger partial charge in [0.25, 0.3) is 11.5 Å². The second-order valence-electron chi connectivity index (χ2n) is 8.56. The average Bonchev–Trinajstić information content (AvgIpc) is 3.23. The number of hydrogen-bond acceptors (Lipinski definition) is 5. The first kappa shape index (κ1) is 22.6. The lowest BCUT2D eigenvalue weighted by Gasteiger charge is -2.32. The van der Waals surface area contributed by atoms with Gasteiger partial charge in [0, 0.05) is 49.0 Å². The van der Waals surface area contributed by atoms with Crippen LogP contribution in [0.5, 0.6) is 0 Å². The van der Waals surface area contributed by atoms with Crippen LogP contribution in [0, 0.1) is 0 Å². The second-order valence-corrected chi connectivity index (χ2v) is 9.13. The molecule has 1 aliphatic heterocycles. The highest BCUT2D eigenvalue weighted by molar-refractivity contribution is 9.08. The maximum atomic E-state index is 13.8. The SMILES string of the molecule is CC(=O)OCc1nccc(-n2cccc(CBr)c2=O)c1N1CCn2c(cc3c2CCCC3)C1=O. The first-order chi connectivity index (χ1) is 16.5. The van der Waals surface area contributed by atoms with Crippen LogP contribution in [-0.4, -0.2) is 32.5 Å². The Morgan fingerprint density at radius 3 is 2.79 bits per heavy atom. The summed E-state index contributed by atoms with van der Waals surface area (Å²) in [5.41, 5.74) is 5.05. The number of carbonyl (C=O) groups excluding carboxylic acids is 2. The van der Waals surface area contributed by atoms with Gasteiger partial charge in [-0.25, -0.2) is 0 Å². The fourth-order valence-electron chi connectivity index (χ4n) is 4.93. The minimum absolute atomic E-state index is 0.0906. The van der Waals surface area contributed by atoms with Crippen molar-refractivity contribution < 1.29 is 14.3 Å². The summed E-state index contributed by atoms with van der Waals surface area (Å²) in [6.07, 6.45) is 7.51. The predicted octanol–water partition coefficient (Wildman–Crippen LogP) is 3.53. The van der Waals surface area contributed by atoms with Crippen LogP contribution in [0.15, 0.2) is 41.5 Å². The van der Waals surface area contributed by atoms with Crippen molar-refractivity contribution in [3.63, 3.8) is 0 Å². The van der Waals surface area contributed by atoms with Crippen molar-refractivity contribution in [1.82, 2.24) is 14.1 Å². The number of carbonyl (C=O) groups is 2. The Morgan fingerprint density at radius 2 is 2.00 bits per heavy atom. The lowest BCUT2D eigenvalue weighted by molar-refractivity contribution is -0.142. The minimum atomic E-state index is -0.442. The van der Waals surface area contributed by atoms with Gasteiger partial charge < -0.3 is 14.2 Å². The van der Waals surface area contributed by atoms with Crippen molar-refractivity contribution >= 4 is 33.5 Å². The van der Waals surface area contributed by atoms with Crippen LogP contribution in [0.2, 0.25) is 0 Å². The molecule has 0 unspecified atom stereocenters. The highest BCUT2D eigenvalue weighted by atomic mass is 79.9. The first-order valence-electron chi connectivity index (χ1n) is 11.4. The van der Waals surface area contributed by atoms with E-state index in [4.69, 9.17) is 4.74 Å². The Kier molecular flexibility index (Phi) is 6.12. The van der Waals surface area contributed by atoms with E-state index in [2.05, 4.69) is 25.5 Å². The van der Waals surface area contributed by atoms with E-state index in [0.717, 1.165) is 25.7 Å². The Hall–Kier alpha value is -3.20. The number of pyridine rings is 2. The van der Waals surface area contributed by atoms with Gasteiger partial charge in [0.15, 0.2) is 0 Å². The highest BCUT2D eigenvalue weighted by Crippen LogP contribution is 2.34. The van der Waals surface area contributed by atoms with Crippen LogP contribution in [0.1, 0.15) is 52.8 Å². The smallest absolute Gasteiger partial charge is 0.303 e. The molecule has 0 spiro atoms. The van der Waals surface area contributed by atoms with Gasteiger partial charge in [-0.15, -0.1) is 0 Å². The van der Waals surface area contributed by atoms with E-state index in [1.54, 1.807) is 35.5 Å². The topological polar surface area (TPSA) is 86.4 Å². The summed E-state index contributed by atoms with van der Waals surface area (Å²) in [6, 6.07) is 7.29. The molecule has 1 aliphatic carbocycles. The van der Waals surface area contributed by atoms with E-state index in [1.165, 1.54) is 22.7 Å². The van der Waals surface area contributed by atoms with E-state index in [-0.39, 0.29) is 18.1 Å². The average molecular weight is 525 g/mol. The molecule has 34 heavy (non-hydrogen) atoms. The molecule has 0 aromatic carbocycles. The molecule has 0 fully saturated rings. The lowest BCUT2D eigenvalue weighted by atomic mass is 9.98. The van der Waals surface area contributed by atoms with Crippen molar-refractivity contribution in [2.45, 2.75) is 51.1 Å². The summed E-state index contributed by atoms with van der Waals surface area (Å²) in [4.78, 5) is 44.6. The third-order valence-corrected chi connectivity index (χ3v) is 7.11. The van der Waals surface area contributed by atoms with E-state index in [9.17, 15) is 14.4 Å². The summed E-state index contributed by atoms with van der Waals surface area (Å²) in [7, 11) is 0. The number of halogens is 1. The normalized spacial score (nSPS) is 15.1.